The fourth-order valence-electron chi connectivity index (χ4n) is 4.25. The van der Waals surface area contributed by atoms with Crippen molar-refractivity contribution in [2.24, 2.45) is 17.3 Å². The number of ether oxygens (including phenoxy) is 2. The molecular formula is C21H37NO2. The second-order valence-corrected chi connectivity index (χ2v) is 8.08. The lowest BCUT2D eigenvalue weighted by Crippen LogP contribution is -2.40. The Bertz CT molecular complexity index is 374. The van der Waals surface area contributed by atoms with Gasteiger partial charge in [-0.15, -0.1) is 0 Å². The lowest BCUT2D eigenvalue weighted by molar-refractivity contribution is -0.231. The Kier molecular flexibility index (Phi) is 8.56. The average Bonchev–Trinajstić information content (AvgIpc) is 2.65. The molecule has 0 atom stereocenters. The number of unbranched alkanes of at least 4 members (excludes halogenated alkanes) is 4. The summed E-state index contributed by atoms with van der Waals surface area (Å²) in [6, 6.07) is 2.63. The van der Waals surface area contributed by atoms with Crippen molar-refractivity contribution in [3.63, 3.8) is 0 Å². The summed E-state index contributed by atoms with van der Waals surface area (Å²) >= 11 is 0. The topological polar surface area (TPSA) is 42.2 Å². The maximum atomic E-state index is 9.61. The number of nitriles is 1. The molecule has 2 rings (SSSR count). The molecule has 0 bridgehead atoms. The Balaban J connectivity index is 1.67. The maximum absolute atomic E-state index is 9.61. The van der Waals surface area contributed by atoms with E-state index >= 15 is 0 Å². The zero-order valence-electron chi connectivity index (χ0n) is 15.9. The highest BCUT2D eigenvalue weighted by atomic mass is 16.7. The van der Waals surface area contributed by atoms with E-state index in [1.807, 2.05) is 0 Å². The van der Waals surface area contributed by atoms with Gasteiger partial charge < -0.3 is 9.47 Å². The Labute approximate surface area is 149 Å². The minimum atomic E-state index is -0.0665. The highest BCUT2D eigenvalue weighted by molar-refractivity contribution is 5.01. The van der Waals surface area contributed by atoms with Gasteiger partial charge >= 0.3 is 0 Å². The van der Waals surface area contributed by atoms with Crippen molar-refractivity contribution < 1.29 is 9.47 Å². The van der Waals surface area contributed by atoms with Crippen LogP contribution in [0.15, 0.2) is 0 Å². The summed E-state index contributed by atoms with van der Waals surface area (Å²) in [5, 5.41) is 9.61. The highest BCUT2D eigenvalue weighted by Crippen LogP contribution is 2.44. The summed E-state index contributed by atoms with van der Waals surface area (Å²) in [5.41, 5.74) is -0.0665. The molecule has 0 unspecified atom stereocenters. The van der Waals surface area contributed by atoms with E-state index in [0.29, 0.717) is 11.8 Å². The molecule has 0 radical (unpaired) electrons. The van der Waals surface area contributed by atoms with Crippen LogP contribution in [0.25, 0.3) is 0 Å². The second kappa shape index (κ2) is 10.4. The molecule has 0 amide bonds. The van der Waals surface area contributed by atoms with Crippen LogP contribution in [-0.2, 0) is 9.47 Å². The third-order valence-electron chi connectivity index (χ3n) is 6.08. The van der Waals surface area contributed by atoms with Gasteiger partial charge in [0.2, 0.25) is 0 Å². The summed E-state index contributed by atoms with van der Waals surface area (Å²) < 4.78 is 12.1. The molecule has 1 aliphatic carbocycles. The van der Waals surface area contributed by atoms with Gasteiger partial charge in [0, 0.05) is 11.8 Å². The molecule has 0 aromatic carbocycles. The van der Waals surface area contributed by atoms with E-state index in [1.54, 1.807) is 0 Å². The van der Waals surface area contributed by atoms with E-state index in [2.05, 4.69) is 19.9 Å². The Morgan fingerprint density at radius 2 is 1.62 bits per heavy atom. The monoisotopic (exact) mass is 335 g/mol. The van der Waals surface area contributed by atoms with Crippen LogP contribution in [0.1, 0.15) is 90.9 Å². The molecular weight excluding hydrogens is 298 g/mol. The Morgan fingerprint density at radius 3 is 2.21 bits per heavy atom. The molecule has 3 heteroatoms. The molecule has 1 saturated carbocycles. The van der Waals surface area contributed by atoms with Crippen LogP contribution in [0.4, 0.5) is 0 Å². The zero-order valence-corrected chi connectivity index (χ0v) is 15.9. The van der Waals surface area contributed by atoms with Crippen LogP contribution in [0.3, 0.4) is 0 Å². The van der Waals surface area contributed by atoms with E-state index in [-0.39, 0.29) is 11.7 Å². The summed E-state index contributed by atoms with van der Waals surface area (Å²) in [4.78, 5) is 0. The highest BCUT2D eigenvalue weighted by Gasteiger charge is 2.39. The summed E-state index contributed by atoms with van der Waals surface area (Å²) in [6.45, 7) is 6.20. The van der Waals surface area contributed by atoms with E-state index in [9.17, 15) is 5.26 Å². The zero-order chi connectivity index (χ0) is 17.3. The first-order chi connectivity index (χ1) is 11.7. The predicted molar refractivity (Wildman–Crippen MR) is 97.5 cm³/mol. The van der Waals surface area contributed by atoms with Gasteiger partial charge in [0.15, 0.2) is 6.29 Å². The van der Waals surface area contributed by atoms with Gasteiger partial charge in [-0.1, -0.05) is 52.4 Å². The van der Waals surface area contributed by atoms with Crippen molar-refractivity contribution >= 4 is 0 Å². The normalized spacial score (nSPS) is 34.0. The van der Waals surface area contributed by atoms with Crippen LogP contribution >= 0.6 is 0 Å². The van der Waals surface area contributed by atoms with Crippen LogP contribution < -0.4 is 0 Å². The van der Waals surface area contributed by atoms with Crippen LogP contribution in [0.5, 0.6) is 0 Å². The molecule has 2 fully saturated rings. The molecule has 0 N–H and O–H groups in total. The van der Waals surface area contributed by atoms with E-state index in [0.717, 1.165) is 45.3 Å². The van der Waals surface area contributed by atoms with E-state index in [1.165, 1.54) is 44.9 Å². The van der Waals surface area contributed by atoms with Crippen molar-refractivity contribution in [1.29, 1.82) is 5.26 Å². The number of nitrogens with zero attached hydrogens (tertiary/aromatic N) is 1. The van der Waals surface area contributed by atoms with Gasteiger partial charge in [-0.2, -0.15) is 5.26 Å². The molecule has 1 aliphatic heterocycles. The van der Waals surface area contributed by atoms with Crippen LogP contribution in [0, 0.1) is 28.6 Å². The predicted octanol–water partition coefficient (Wildman–Crippen LogP) is 5.84. The van der Waals surface area contributed by atoms with E-state index < -0.39 is 0 Å². The SMILES string of the molecule is CCCCCCC1COC([C@H]2CC[C@](C#N)(CCCC)CC2)OC1. The van der Waals surface area contributed by atoms with Crippen LogP contribution in [-0.4, -0.2) is 19.5 Å². The summed E-state index contributed by atoms with van der Waals surface area (Å²) in [6.07, 6.45) is 14.2. The second-order valence-electron chi connectivity index (χ2n) is 8.08. The van der Waals surface area contributed by atoms with E-state index in [4.69, 9.17) is 9.47 Å². The molecule has 3 nitrogen and oxygen atoms in total. The lowest BCUT2D eigenvalue weighted by Gasteiger charge is -2.40. The minimum absolute atomic E-state index is 0.0141. The molecule has 138 valence electrons. The van der Waals surface area contributed by atoms with Crippen molar-refractivity contribution in [2.75, 3.05) is 13.2 Å². The largest absolute Gasteiger partial charge is 0.352 e. The summed E-state index contributed by atoms with van der Waals surface area (Å²) in [7, 11) is 0. The van der Waals surface area contributed by atoms with Gasteiger partial charge in [0.05, 0.1) is 24.7 Å². The standard InChI is InChI=1S/C21H37NO2/c1-3-5-7-8-9-18-15-23-20(24-16-18)19-10-13-21(17-22,14-11-19)12-6-4-2/h18-20H,3-16H2,1-2H3/t18?,19-,20?,21+. The minimum Gasteiger partial charge on any atom is -0.352 e. The van der Waals surface area contributed by atoms with Crippen molar-refractivity contribution in [1.82, 2.24) is 0 Å². The fraction of sp³-hybridized carbons (Fsp3) is 0.952. The first kappa shape index (κ1) is 19.7. The smallest absolute Gasteiger partial charge is 0.160 e. The fourth-order valence-corrected chi connectivity index (χ4v) is 4.25. The average molecular weight is 336 g/mol. The van der Waals surface area contributed by atoms with Gasteiger partial charge in [-0.25, -0.2) is 0 Å². The third-order valence-corrected chi connectivity index (χ3v) is 6.08. The summed E-state index contributed by atoms with van der Waals surface area (Å²) in [5.74, 6) is 1.08. The molecule has 24 heavy (non-hydrogen) atoms. The van der Waals surface area contributed by atoms with Crippen molar-refractivity contribution in [3.05, 3.63) is 0 Å². The van der Waals surface area contributed by atoms with Gasteiger partial charge in [0.25, 0.3) is 0 Å². The number of rotatable bonds is 9. The molecule has 2 aliphatic rings. The van der Waals surface area contributed by atoms with Crippen LogP contribution in [0.2, 0.25) is 0 Å². The first-order valence-corrected chi connectivity index (χ1v) is 10.4. The Morgan fingerprint density at radius 1 is 0.958 bits per heavy atom. The molecule has 0 aromatic rings. The quantitative estimate of drug-likeness (QED) is 0.497. The molecule has 1 saturated heterocycles. The molecule has 0 aromatic heterocycles. The molecule has 0 spiro atoms. The Hall–Kier alpha value is -0.590. The third kappa shape index (κ3) is 5.74. The van der Waals surface area contributed by atoms with Gasteiger partial charge in [-0.05, 0) is 38.5 Å². The van der Waals surface area contributed by atoms with Crippen molar-refractivity contribution in [3.8, 4) is 6.07 Å². The number of hydrogen-bond acceptors (Lipinski definition) is 3. The maximum Gasteiger partial charge on any atom is 0.160 e. The van der Waals surface area contributed by atoms with Gasteiger partial charge in [-0.3, -0.25) is 0 Å². The first-order valence-electron chi connectivity index (χ1n) is 10.4. The molecule has 1 heterocycles. The number of hydrogen-bond donors (Lipinski definition) is 0. The van der Waals surface area contributed by atoms with Crippen molar-refractivity contribution in [2.45, 2.75) is 97.2 Å². The lowest BCUT2D eigenvalue weighted by atomic mass is 9.68. The van der Waals surface area contributed by atoms with Gasteiger partial charge in [0.1, 0.15) is 0 Å².